The number of carboxylic acids is 1. The lowest BCUT2D eigenvalue weighted by molar-refractivity contribution is -0.203. The number of carboxylic acid groups (broad SMARTS) is 1. The predicted molar refractivity (Wildman–Crippen MR) is 245 cm³/mol. The van der Waals surface area contributed by atoms with E-state index in [2.05, 4.69) is 55.4 Å². The van der Waals surface area contributed by atoms with E-state index in [1.54, 1.807) is 0 Å². The maximum Gasteiger partial charge on any atom is 0.305 e. The average molecular weight is 869 g/mol. The van der Waals surface area contributed by atoms with Crippen molar-refractivity contribution < 1.29 is 39.9 Å². The third-order valence-electron chi connectivity index (χ3n) is 22.2. The van der Waals surface area contributed by atoms with Crippen molar-refractivity contribution in [2.24, 2.45) is 105 Å². The average Bonchev–Trinajstić information content (AvgIpc) is 3.78. The van der Waals surface area contributed by atoms with Crippen LogP contribution >= 0.6 is 0 Å². The minimum Gasteiger partial charge on any atom is -0.481 e. The number of esters is 1. The highest BCUT2D eigenvalue weighted by Gasteiger charge is 2.66. The van der Waals surface area contributed by atoms with E-state index in [1.807, 2.05) is 6.92 Å². The van der Waals surface area contributed by atoms with Crippen molar-refractivity contribution >= 4 is 11.9 Å². The topological polar surface area (TPSA) is 145 Å². The summed E-state index contributed by atoms with van der Waals surface area (Å²) in [6.45, 7) is 21.4. The van der Waals surface area contributed by atoms with E-state index in [0.29, 0.717) is 95.9 Å². The molecule has 0 bridgehead atoms. The third kappa shape index (κ3) is 8.30. The van der Waals surface area contributed by atoms with Gasteiger partial charge in [-0.1, -0.05) is 68.2 Å². The first-order valence-corrected chi connectivity index (χ1v) is 26.4. The second kappa shape index (κ2) is 18.8. The van der Waals surface area contributed by atoms with Crippen molar-refractivity contribution in [3.8, 4) is 0 Å². The molecule has 8 aliphatic rings. The molecule has 22 atom stereocenters. The zero-order valence-corrected chi connectivity index (χ0v) is 40.7. The smallest absolute Gasteiger partial charge is 0.305 e. The highest BCUT2D eigenvalue weighted by molar-refractivity contribution is 5.69. The van der Waals surface area contributed by atoms with Gasteiger partial charge in [0.2, 0.25) is 0 Å². The lowest BCUT2D eigenvalue weighted by atomic mass is 9.41. The lowest BCUT2D eigenvalue weighted by Gasteiger charge is -2.64. The summed E-state index contributed by atoms with van der Waals surface area (Å²) in [6, 6.07) is 0. The van der Waals surface area contributed by atoms with Gasteiger partial charge in [-0.25, -0.2) is 0 Å². The second-order valence-corrected chi connectivity index (χ2v) is 24.5. The van der Waals surface area contributed by atoms with E-state index in [9.17, 15) is 30.0 Å². The van der Waals surface area contributed by atoms with E-state index in [1.165, 1.54) is 51.4 Å². The number of hydrogen-bond acceptors (Lipinski definition) is 7. The molecule has 356 valence electrons. The molecule has 5 N–H and O–H groups in total. The number of rotatable bonds is 11. The highest BCUT2D eigenvalue weighted by atomic mass is 16.5. The Kier molecular flexibility index (Phi) is 14.8. The Balaban J connectivity index is 0.000000187. The highest BCUT2D eigenvalue weighted by Crippen LogP contribution is 2.71. The Morgan fingerprint density at radius 3 is 1.32 bits per heavy atom. The van der Waals surface area contributed by atoms with E-state index < -0.39 is 5.97 Å². The van der Waals surface area contributed by atoms with Gasteiger partial charge in [-0.05, 0) is 214 Å². The molecule has 0 aromatic carbocycles. The van der Waals surface area contributed by atoms with E-state index in [0.717, 1.165) is 64.2 Å². The minimum atomic E-state index is -0.683. The van der Waals surface area contributed by atoms with Crippen LogP contribution in [0.4, 0.5) is 0 Å². The number of ether oxygens (including phenoxy) is 1. The van der Waals surface area contributed by atoms with Crippen molar-refractivity contribution in [2.45, 2.75) is 215 Å². The predicted octanol–water partition coefficient (Wildman–Crippen LogP) is 10.7. The van der Waals surface area contributed by atoms with Crippen LogP contribution in [0.2, 0.25) is 0 Å². The van der Waals surface area contributed by atoms with Crippen LogP contribution in [0, 0.1) is 105 Å². The van der Waals surface area contributed by atoms with E-state index >= 15 is 0 Å². The molecule has 0 saturated heterocycles. The normalized spacial score (nSPS) is 50.2. The van der Waals surface area contributed by atoms with Crippen molar-refractivity contribution in [3.05, 3.63) is 0 Å². The molecule has 0 spiro atoms. The summed E-state index contributed by atoms with van der Waals surface area (Å²) in [5, 5.41) is 53.5. The summed E-state index contributed by atoms with van der Waals surface area (Å²) >= 11 is 0. The number of aliphatic hydroxyl groups excluding tert-OH is 4. The van der Waals surface area contributed by atoms with Gasteiger partial charge in [-0.2, -0.15) is 0 Å². The molecular weight excluding hydrogens is 777 g/mol. The van der Waals surface area contributed by atoms with Gasteiger partial charge in [0.05, 0.1) is 31.0 Å². The Bertz CT molecular complexity index is 1550. The number of aliphatic carboxylic acids is 1. The van der Waals surface area contributed by atoms with Crippen LogP contribution in [-0.4, -0.2) is 68.5 Å². The molecule has 8 fully saturated rings. The van der Waals surface area contributed by atoms with E-state index in [4.69, 9.17) is 9.84 Å². The first-order chi connectivity index (χ1) is 29.3. The first-order valence-electron chi connectivity index (χ1n) is 26.4. The molecule has 8 nitrogen and oxygen atoms in total. The molecule has 0 heterocycles. The quantitative estimate of drug-likeness (QED) is 0.129. The number of hydrogen-bond donors (Lipinski definition) is 5. The molecule has 8 saturated carbocycles. The van der Waals surface area contributed by atoms with Crippen LogP contribution in [-0.2, 0) is 14.3 Å². The molecule has 8 aliphatic carbocycles. The molecule has 0 aliphatic heterocycles. The van der Waals surface area contributed by atoms with Crippen molar-refractivity contribution in [2.75, 3.05) is 6.61 Å². The van der Waals surface area contributed by atoms with Gasteiger partial charge in [0.25, 0.3) is 0 Å². The van der Waals surface area contributed by atoms with Gasteiger partial charge in [0, 0.05) is 12.8 Å². The summed E-state index contributed by atoms with van der Waals surface area (Å²) in [5.74, 6) is 6.02. The Hall–Kier alpha value is -1.22. The third-order valence-corrected chi connectivity index (χ3v) is 22.2. The Labute approximate surface area is 376 Å². The Morgan fingerprint density at radius 1 is 0.548 bits per heavy atom. The van der Waals surface area contributed by atoms with Gasteiger partial charge >= 0.3 is 11.9 Å². The summed E-state index contributed by atoms with van der Waals surface area (Å²) in [4.78, 5) is 23.1. The maximum atomic E-state index is 11.9. The molecule has 62 heavy (non-hydrogen) atoms. The molecule has 8 rings (SSSR count). The molecule has 10 unspecified atom stereocenters. The lowest BCUT2D eigenvalue weighted by Crippen LogP contribution is -2.62. The summed E-state index contributed by atoms with van der Waals surface area (Å²) < 4.78 is 5.17. The molecule has 0 aromatic rings. The summed E-state index contributed by atoms with van der Waals surface area (Å²) in [5.41, 5.74) is 1.01. The maximum absolute atomic E-state index is 11.9. The van der Waals surface area contributed by atoms with Gasteiger partial charge in [-0.15, -0.1) is 0 Å². The number of carbonyl (C=O) groups is 2. The van der Waals surface area contributed by atoms with Crippen LogP contribution < -0.4 is 0 Å². The number of carbonyl (C=O) groups excluding carboxylic acids is 1. The van der Waals surface area contributed by atoms with Crippen LogP contribution in [0.1, 0.15) is 191 Å². The van der Waals surface area contributed by atoms with Crippen LogP contribution in [0.25, 0.3) is 0 Å². The molecule has 8 heteroatoms. The molecule has 0 radical (unpaired) electrons. The monoisotopic (exact) mass is 869 g/mol. The van der Waals surface area contributed by atoms with Crippen LogP contribution in [0.15, 0.2) is 0 Å². The summed E-state index contributed by atoms with van der Waals surface area (Å²) in [6.07, 6.45) is 19.2. The Morgan fingerprint density at radius 2 is 0.935 bits per heavy atom. The van der Waals surface area contributed by atoms with Crippen molar-refractivity contribution in [1.82, 2.24) is 0 Å². The zero-order chi connectivity index (χ0) is 45.1. The van der Waals surface area contributed by atoms with Gasteiger partial charge < -0.3 is 30.3 Å². The van der Waals surface area contributed by atoms with Crippen LogP contribution in [0.5, 0.6) is 0 Å². The number of fused-ring (bicyclic) bond motifs is 10. The fourth-order valence-electron chi connectivity index (χ4n) is 19.2. The van der Waals surface area contributed by atoms with Gasteiger partial charge in [0.15, 0.2) is 0 Å². The zero-order valence-electron chi connectivity index (χ0n) is 40.7. The van der Waals surface area contributed by atoms with E-state index in [-0.39, 0.29) is 58.5 Å². The standard InChI is InChI=1S/C28H48O4.C26H44O4/c1-6-19-23-16-18(29)12-14-28(23,5)22-13-15-27(4)20(9-10-21(27)25(22)26(19)31)17(3)8-11-24(30)32-7-2;1-5-17-21-14-16(27)10-12-26(21,4)20-11-13-25(3)18(15(2)6-9-22(28)29)7-8-19(25)23(20)24(17)30/h17-23,25-26,29,31H,6-16H2,1-5H3;15-21,23-24,27,30H,5-14H2,1-4H3,(H,28,29)/t17-,18-,19-,20?,21?,22?,23?,25?,26-,27-,28-;15-,16-,17-,18?,19?,20?,21?,23?,24-,25-,26-/m11/s1. The second-order valence-electron chi connectivity index (χ2n) is 24.5. The molecular formula is C54H92O8. The van der Waals surface area contributed by atoms with Crippen molar-refractivity contribution in [1.29, 1.82) is 0 Å². The molecule has 0 amide bonds. The van der Waals surface area contributed by atoms with Gasteiger partial charge in [-0.3, -0.25) is 9.59 Å². The van der Waals surface area contributed by atoms with Crippen molar-refractivity contribution in [3.63, 3.8) is 0 Å². The van der Waals surface area contributed by atoms with Crippen LogP contribution in [0.3, 0.4) is 0 Å². The number of aliphatic hydroxyl groups is 4. The minimum absolute atomic E-state index is 0.0605. The largest absolute Gasteiger partial charge is 0.481 e. The SMILES string of the molecule is CCOC(=O)CC[C@@H](C)C1CCC2C3C(CC[C@@]21C)[C@@]1(C)CC[C@@H](O)CC1[C@@H](CC)[C@H]3O.CC[C@@H]1C2C[C@H](O)CC[C@]2(C)C2CC[C@@]3(C)C(CCC3[C@H](C)CCC(=O)O)C2[C@@H]1O. The molecule has 0 aromatic heterocycles. The fourth-order valence-corrected chi connectivity index (χ4v) is 19.2. The first kappa shape index (κ1) is 48.7. The summed E-state index contributed by atoms with van der Waals surface area (Å²) in [7, 11) is 0. The van der Waals surface area contributed by atoms with Gasteiger partial charge in [0.1, 0.15) is 0 Å². The fraction of sp³-hybridized carbons (Fsp3) is 0.963.